The smallest absolute Gasteiger partial charge is 0.250 e. The van der Waals surface area contributed by atoms with Crippen LogP contribution in [0.5, 0.6) is 0 Å². The highest BCUT2D eigenvalue weighted by molar-refractivity contribution is 7.85. The Morgan fingerprint density at radius 3 is 2.67 bits per heavy atom. The van der Waals surface area contributed by atoms with Crippen LogP contribution in [0.2, 0.25) is 0 Å². The summed E-state index contributed by atoms with van der Waals surface area (Å²) in [7, 11) is -3.56. The molecule has 0 saturated heterocycles. The van der Waals surface area contributed by atoms with Crippen molar-refractivity contribution < 1.29 is 12.7 Å². The minimum Gasteiger partial charge on any atom is -0.250 e. The number of nitrogens with zero attached hydrogens (tertiary/aromatic N) is 1. The first-order valence-electron chi connectivity index (χ1n) is 2.42. The van der Waals surface area contributed by atoms with Gasteiger partial charge < -0.3 is 0 Å². The van der Waals surface area contributed by atoms with E-state index in [1.54, 1.807) is 6.92 Å². The molecule has 0 fully saturated rings. The summed E-state index contributed by atoms with van der Waals surface area (Å²) in [6, 6.07) is 0. The van der Waals surface area contributed by atoms with Gasteiger partial charge in [0.15, 0.2) is 5.84 Å². The SMILES string of the molecule is CCC1=NOS(=O)(=O)N1. The van der Waals surface area contributed by atoms with Gasteiger partial charge in [-0.1, -0.05) is 6.92 Å². The van der Waals surface area contributed by atoms with Crippen LogP contribution in [-0.2, 0) is 14.6 Å². The summed E-state index contributed by atoms with van der Waals surface area (Å²) in [6.45, 7) is 1.77. The Labute approximate surface area is 52.9 Å². The van der Waals surface area contributed by atoms with E-state index >= 15 is 0 Å². The van der Waals surface area contributed by atoms with Crippen LogP contribution in [0.3, 0.4) is 0 Å². The molecule has 1 aliphatic heterocycles. The topological polar surface area (TPSA) is 67.8 Å². The van der Waals surface area contributed by atoms with Gasteiger partial charge in [-0.25, -0.2) is 4.72 Å². The van der Waals surface area contributed by atoms with Gasteiger partial charge in [0.2, 0.25) is 0 Å². The van der Waals surface area contributed by atoms with Gasteiger partial charge >= 0.3 is 10.3 Å². The molecule has 0 aromatic carbocycles. The molecule has 0 saturated carbocycles. The van der Waals surface area contributed by atoms with Crippen LogP contribution in [-0.4, -0.2) is 14.3 Å². The zero-order valence-corrected chi connectivity index (χ0v) is 5.60. The molecule has 0 bridgehead atoms. The van der Waals surface area contributed by atoms with E-state index < -0.39 is 10.3 Å². The van der Waals surface area contributed by atoms with E-state index in [0.29, 0.717) is 12.3 Å². The Balaban J connectivity index is 2.71. The third-order valence-electron chi connectivity index (χ3n) is 0.823. The van der Waals surface area contributed by atoms with Gasteiger partial charge in [0, 0.05) is 6.42 Å². The number of oxime groups is 1. The summed E-state index contributed by atoms with van der Waals surface area (Å²) in [5.74, 6) is 0.343. The van der Waals surface area contributed by atoms with Gasteiger partial charge in [0.05, 0.1) is 0 Å². The van der Waals surface area contributed by atoms with Gasteiger partial charge in [0.1, 0.15) is 0 Å². The van der Waals surface area contributed by atoms with E-state index in [1.807, 2.05) is 0 Å². The highest BCUT2D eigenvalue weighted by Gasteiger charge is 2.19. The Kier molecular flexibility index (Phi) is 1.32. The molecule has 1 aliphatic rings. The summed E-state index contributed by atoms with van der Waals surface area (Å²) < 4.78 is 26.8. The fourth-order valence-electron chi connectivity index (χ4n) is 0.412. The number of amidine groups is 1. The van der Waals surface area contributed by atoms with Gasteiger partial charge in [-0.3, -0.25) is 4.28 Å². The maximum Gasteiger partial charge on any atom is 0.428 e. The van der Waals surface area contributed by atoms with Crippen molar-refractivity contribution in [1.29, 1.82) is 0 Å². The first-order valence-corrected chi connectivity index (χ1v) is 3.83. The number of rotatable bonds is 1. The second kappa shape index (κ2) is 1.87. The average molecular weight is 150 g/mol. The Morgan fingerprint density at radius 2 is 2.44 bits per heavy atom. The highest BCUT2D eigenvalue weighted by atomic mass is 32.2. The molecule has 9 heavy (non-hydrogen) atoms. The Morgan fingerprint density at radius 1 is 1.78 bits per heavy atom. The van der Waals surface area contributed by atoms with Crippen molar-refractivity contribution in [3.05, 3.63) is 0 Å². The van der Waals surface area contributed by atoms with E-state index in [1.165, 1.54) is 0 Å². The summed E-state index contributed by atoms with van der Waals surface area (Å²) in [4.78, 5) is 0. The van der Waals surface area contributed by atoms with Crippen molar-refractivity contribution in [3.63, 3.8) is 0 Å². The molecule has 0 spiro atoms. The predicted octanol–water partition coefficient (Wildman–Crippen LogP) is -0.425. The van der Waals surface area contributed by atoms with Gasteiger partial charge in [0.25, 0.3) is 0 Å². The largest absolute Gasteiger partial charge is 0.428 e. The number of nitrogens with one attached hydrogen (secondary N) is 1. The Hall–Kier alpha value is -0.780. The second-order valence-electron chi connectivity index (χ2n) is 1.52. The normalized spacial score (nSPS) is 22.1. The van der Waals surface area contributed by atoms with Crippen LogP contribution in [0.1, 0.15) is 13.3 Å². The molecular formula is C3H6N2O3S. The molecule has 0 atom stereocenters. The molecule has 0 aromatic heterocycles. The summed E-state index contributed by atoms with van der Waals surface area (Å²) >= 11 is 0. The van der Waals surface area contributed by atoms with Crippen LogP contribution in [0.25, 0.3) is 0 Å². The number of hydrogen-bond donors (Lipinski definition) is 1. The van der Waals surface area contributed by atoms with Gasteiger partial charge in [-0.2, -0.15) is 8.42 Å². The molecule has 0 aliphatic carbocycles. The minimum atomic E-state index is -3.56. The molecule has 0 radical (unpaired) electrons. The maximum atomic E-state index is 10.4. The molecule has 0 amide bonds. The van der Waals surface area contributed by atoms with Gasteiger partial charge in [-0.15, -0.1) is 0 Å². The maximum absolute atomic E-state index is 10.4. The summed E-state index contributed by atoms with van der Waals surface area (Å²) in [5.41, 5.74) is 0. The van der Waals surface area contributed by atoms with Crippen molar-refractivity contribution in [2.24, 2.45) is 5.16 Å². The zero-order chi connectivity index (χ0) is 6.91. The minimum absolute atomic E-state index is 0.343. The molecule has 0 unspecified atom stereocenters. The molecule has 52 valence electrons. The van der Waals surface area contributed by atoms with E-state index in [4.69, 9.17) is 0 Å². The lowest BCUT2D eigenvalue weighted by Crippen LogP contribution is -2.23. The first kappa shape index (κ1) is 6.34. The van der Waals surface area contributed by atoms with Crippen molar-refractivity contribution in [1.82, 2.24) is 4.72 Å². The van der Waals surface area contributed by atoms with Crippen LogP contribution in [0.4, 0.5) is 0 Å². The molecule has 0 aromatic rings. The number of hydrogen-bond acceptors (Lipinski definition) is 4. The lowest BCUT2D eigenvalue weighted by atomic mass is 10.5. The van der Waals surface area contributed by atoms with Gasteiger partial charge in [-0.05, 0) is 5.16 Å². The molecular weight excluding hydrogens is 144 g/mol. The molecule has 1 N–H and O–H groups in total. The first-order chi connectivity index (χ1) is 4.14. The van der Waals surface area contributed by atoms with Crippen LogP contribution in [0, 0.1) is 0 Å². The van der Waals surface area contributed by atoms with Crippen molar-refractivity contribution >= 4 is 16.1 Å². The third-order valence-corrected chi connectivity index (χ3v) is 1.58. The van der Waals surface area contributed by atoms with E-state index in [2.05, 4.69) is 14.2 Å². The summed E-state index contributed by atoms with van der Waals surface area (Å²) in [6.07, 6.45) is 0.527. The van der Waals surface area contributed by atoms with E-state index in [-0.39, 0.29) is 0 Å². The van der Waals surface area contributed by atoms with Crippen molar-refractivity contribution in [3.8, 4) is 0 Å². The molecule has 5 nitrogen and oxygen atoms in total. The summed E-state index contributed by atoms with van der Waals surface area (Å²) in [5, 5.41) is 3.22. The van der Waals surface area contributed by atoms with Crippen LogP contribution < -0.4 is 4.72 Å². The third kappa shape index (κ3) is 1.32. The average Bonchev–Trinajstić information content (AvgIpc) is 2.10. The van der Waals surface area contributed by atoms with E-state index in [9.17, 15) is 8.42 Å². The fourth-order valence-corrected chi connectivity index (χ4v) is 1.11. The lowest BCUT2D eigenvalue weighted by molar-refractivity contribution is 0.350. The monoisotopic (exact) mass is 150 g/mol. The quantitative estimate of drug-likeness (QED) is 0.551. The molecule has 6 heteroatoms. The molecule has 1 heterocycles. The zero-order valence-electron chi connectivity index (χ0n) is 4.79. The predicted molar refractivity (Wildman–Crippen MR) is 30.9 cm³/mol. The van der Waals surface area contributed by atoms with Crippen LogP contribution >= 0.6 is 0 Å². The highest BCUT2D eigenvalue weighted by Crippen LogP contribution is 1.99. The Bertz CT molecular complexity index is 229. The lowest BCUT2D eigenvalue weighted by Gasteiger charge is -1.89. The van der Waals surface area contributed by atoms with Crippen molar-refractivity contribution in [2.45, 2.75) is 13.3 Å². The second-order valence-corrected chi connectivity index (χ2v) is 2.78. The molecule has 1 rings (SSSR count). The van der Waals surface area contributed by atoms with E-state index in [0.717, 1.165) is 0 Å². The van der Waals surface area contributed by atoms with Crippen molar-refractivity contribution in [2.75, 3.05) is 0 Å². The fraction of sp³-hybridized carbons (Fsp3) is 0.667. The van der Waals surface area contributed by atoms with Crippen LogP contribution in [0.15, 0.2) is 5.16 Å². The standard InChI is InChI=1S/C3H6N2O3S/c1-2-3-4-8-9(6,7)5-3/h2H2,1H3,(H,4,5).